The van der Waals surface area contributed by atoms with Crippen molar-refractivity contribution in [3.8, 4) is 6.01 Å². The first-order valence-electron chi connectivity index (χ1n) is 10.2. The van der Waals surface area contributed by atoms with Gasteiger partial charge in [0.05, 0.1) is 13.3 Å². The second kappa shape index (κ2) is 8.13. The van der Waals surface area contributed by atoms with Gasteiger partial charge in [0.2, 0.25) is 17.8 Å². The third-order valence-corrected chi connectivity index (χ3v) is 5.27. The Bertz CT molecular complexity index is 1070. The van der Waals surface area contributed by atoms with Crippen molar-refractivity contribution in [3.05, 3.63) is 30.4 Å². The number of ether oxygens (including phenoxy) is 1. The maximum atomic E-state index is 12.8. The second-order valence-corrected chi connectivity index (χ2v) is 7.48. The molecule has 1 aliphatic heterocycles. The Balaban J connectivity index is 1.36. The molecule has 0 bridgehead atoms. The Morgan fingerprint density at radius 3 is 2.87 bits per heavy atom. The zero-order chi connectivity index (χ0) is 21.2. The molecule has 1 atom stereocenters. The van der Waals surface area contributed by atoms with Crippen LogP contribution in [-0.2, 0) is 4.79 Å². The highest BCUT2D eigenvalue weighted by Gasteiger charge is 2.33. The minimum absolute atomic E-state index is 0.158. The summed E-state index contributed by atoms with van der Waals surface area (Å²) < 4.78 is 5.26. The molecule has 2 aliphatic rings. The third-order valence-electron chi connectivity index (χ3n) is 5.27. The Morgan fingerprint density at radius 2 is 2.10 bits per heavy atom. The van der Waals surface area contributed by atoms with Crippen LogP contribution in [0, 0.1) is 0 Å². The molecule has 3 aromatic rings. The summed E-state index contributed by atoms with van der Waals surface area (Å²) in [5.41, 5.74) is 1.10. The summed E-state index contributed by atoms with van der Waals surface area (Å²) in [5.74, 6) is 2.07. The van der Waals surface area contributed by atoms with Crippen molar-refractivity contribution in [3.63, 3.8) is 0 Å². The van der Waals surface area contributed by atoms with Crippen LogP contribution in [0.3, 0.4) is 0 Å². The normalized spacial score (nSPS) is 18.1. The van der Waals surface area contributed by atoms with Crippen molar-refractivity contribution < 1.29 is 9.53 Å². The number of nitrogens with zero attached hydrogens (tertiary/aromatic N) is 7. The zero-order valence-electron chi connectivity index (χ0n) is 16.9. The topological polar surface area (TPSA) is 147 Å². The van der Waals surface area contributed by atoms with Gasteiger partial charge in [-0.3, -0.25) is 14.9 Å². The van der Waals surface area contributed by atoms with Crippen molar-refractivity contribution in [1.82, 2.24) is 35.1 Å². The summed E-state index contributed by atoms with van der Waals surface area (Å²) in [7, 11) is 1.49. The van der Waals surface area contributed by atoms with Crippen LogP contribution in [0.25, 0.3) is 0 Å². The molecule has 5 rings (SSSR count). The van der Waals surface area contributed by atoms with E-state index >= 15 is 0 Å². The van der Waals surface area contributed by atoms with Crippen LogP contribution in [0.15, 0.2) is 24.7 Å². The van der Waals surface area contributed by atoms with Gasteiger partial charge in [-0.1, -0.05) is 0 Å². The number of rotatable bonds is 7. The largest absolute Gasteiger partial charge is 0.467 e. The van der Waals surface area contributed by atoms with E-state index in [2.05, 4.69) is 45.8 Å². The predicted molar refractivity (Wildman–Crippen MR) is 111 cm³/mol. The molecule has 3 N–H and O–H groups in total. The Kier molecular flexibility index (Phi) is 5.02. The van der Waals surface area contributed by atoms with Gasteiger partial charge < -0.3 is 20.3 Å². The highest BCUT2D eigenvalue weighted by atomic mass is 16.5. The fourth-order valence-corrected chi connectivity index (χ4v) is 3.59. The van der Waals surface area contributed by atoms with Gasteiger partial charge in [-0.15, -0.1) is 0 Å². The summed E-state index contributed by atoms with van der Waals surface area (Å²) in [4.78, 5) is 35.9. The van der Waals surface area contributed by atoms with Crippen LogP contribution in [0.2, 0.25) is 0 Å². The molecule has 0 spiro atoms. The van der Waals surface area contributed by atoms with Crippen molar-refractivity contribution in [2.24, 2.45) is 0 Å². The Hall–Kier alpha value is -3.83. The molecule has 160 valence electrons. The number of nitrogens with one attached hydrogen (secondary N) is 3. The van der Waals surface area contributed by atoms with Gasteiger partial charge in [0.1, 0.15) is 6.04 Å². The van der Waals surface area contributed by atoms with Gasteiger partial charge >= 0.3 is 6.01 Å². The average molecular weight is 422 g/mol. The van der Waals surface area contributed by atoms with Gasteiger partial charge in [0.25, 0.3) is 0 Å². The van der Waals surface area contributed by atoms with Crippen LogP contribution in [0.5, 0.6) is 6.01 Å². The van der Waals surface area contributed by atoms with Crippen LogP contribution in [0.4, 0.5) is 23.5 Å². The van der Waals surface area contributed by atoms with Crippen molar-refractivity contribution in [1.29, 1.82) is 0 Å². The molecule has 12 nitrogen and oxygen atoms in total. The highest BCUT2D eigenvalue weighted by Crippen LogP contribution is 2.39. The molecule has 31 heavy (non-hydrogen) atoms. The smallest absolute Gasteiger partial charge is 0.322 e. The summed E-state index contributed by atoms with van der Waals surface area (Å²) in [5, 5.41) is 13.2. The van der Waals surface area contributed by atoms with E-state index in [1.54, 1.807) is 6.20 Å². The number of methoxy groups -OCH3 is 1. The maximum Gasteiger partial charge on any atom is 0.322 e. The van der Waals surface area contributed by atoms with Crippen molar-refractivity contribution in [2.75, 3.05) is 29.2 Å². The third kappa shape index (κ3) is 4.22. The minimum atomic E-state index is -0.436. The van der Waals surface area contributed by atoms with E-state index in [1.807, 2.05) is 11.0 Å². The molecule has 12 heteroatoms. The number of carbonyl (C=O) groups is 1. The number of anilines is 4. The highest BCUT2D eigenvalue weighted by molar-refractivity contribution is 5.96. The average Bonchev–Trinajstić information content (AvgIpc) is 3.32. The predicted octanol–water partition coefficient (Wildman–Crippen LogP) is 1.62. The van der Waals surface area contributed by atoms with Gasteiger partial charge in [-0.2, -0.15) is 20.1 Å². The first-order valence-corrected chi connectivity index (χ1v) is 10.2. The summed E-state index contributed by atoms with van der Waals surface area (Å²) >= 11 is 0. The number of H-pyrrole nitrogens is 1. The summed E-state index contributed by atoms with van der Waals surface area (Å²) in [6.07, 6.45) is 8.45. The Labute approximate surface area is 177 Å². The molecular weight excluding hydrogens is 400 g/mol. The van der Waals surface area contributed by atoms with Gasteiger partial charge in [0.15, 0.2) is 11.6 Å². The number of hydrogen-bond donors (Lipinski definition) is 3. The molecule has 3 aromatic heterocycles. The lowest BCUT2D eigenvalue weighted by Gasteiger charge is -2.24. The summed E-state index contributed by atoms with van der Waals surface area (Å²) in [6, 6.07) is 1.68. The molecule has 1 saturated carbocycles. The fourth-order valence-electron chi connectivity index (χ4n) is 3.59. The number of aromatic amines is 1. The SMILES string of the molecule is COc1nc(Nc2cc(C3CC3)[nH]n2)nc(N2CCC[C@H]2C(=O)Nc2cnccn2)n1. The van der Waals surface area contributed by atoms with E-state index in [4.69, 9.17) is 4.74 Å². The lowest BCUT2D eigenvalue weighted by Crippen LogP contribution is -2.40. The molecule has 4 heterocycles. The standard InChI is InChI=1S/C19H22N10O2/c1-31-19-25-17(23-14-9-12(27-28-14)11-4-5-11)24-18(26-19)29-8-2-3-13(29)16(30)22-15-10-20-6-7-21-15/h6-7,9-11,13H,2-5,8H2,1H3,(H,21,22,30)(H2,23,24,25,26,27,28)/t13-/m0/s1. The van der Waals surface area contributed by atoms with Crippen molar-refractivity contribution in [2.45, 2.75) is 37.6 Å². The Morgan fingerprint density at radius 1 is 1.19 bits per heavy atom. The molecule has 2 fully saturated rings. The van der Waals surface area contributed by atoms with E-state index in [0.29, 0.717) is 42.4 Å². The number of hydrogen-bond acceptors (Lipinski definition) is 10. The molecule has 0 unspecified atom stereocenters. The van der Waals surface area contributed by atoms with Crippen LogP contribution in [-0.4, -0.2) is 60.7 Å². The number of carbonyl (C=O) groups excluding carboxylic acids is 1. The molecule has 0 radical (unpaired) electrons. The molecule has 1 saturated heterocycles. The first kappa shape index (κ1) is 19.2. The number of amides is 1. The molecular formula is C19H22N10O2. The van der Waals surface area contributed by atoms with E-state index in [0.717, 1.165) is 12.1 Å². The second-order valence-electron chi connectivity index (χ2n) is 7.48. The lowest BCUT2D eigenvalue weighted by molar-refractivity contribution is -0.117. The van der Waals surface area contributed by atoms with Gasteiger partial charge in [0, 0.05) is 36.6 Å². The van der Waals surface area contributed by atoms with E-state index < -0.39 is 6.04 Å². The quantitative estimate of drug-likeness (QED) is 0.513. The monoisotopic (exact) mass is 422 g/mol. The zero-order valence-corrected chi connectivity index (χ0v) is 16.9. The maximum absolute atomic E-state index is 12.8. The minimum Gasteiger partial charge on any atom is -0.467 e. The van der Waals surface area contributed by atoms with Crippen molar-refractivity contribution >= 4 is 29.4 Å². The molecule has 0 aromatic carbocycles. The first-order chi connectivity index (χ1) is 15.2. The number of aromatic nitrogens is 7. The molecule has 1 amide bonds. The lowest BCUT2D eigenvalue weighted by atomic mass is 10.2. The van der Waals surface area contributed by atoms with E-state index in [1.165, 1.54) is 32.3 Å². The van der Waals surface area contributed by atoms with E-state index in [-0.39, 0.29) is 11.9 Å². The fraction of sp³-hybridized carbons (Fsp3) is 0.421. The van der Waals surface area contributed by atoms with E-state index in [9.17, 15) is 4.79 Å². The van der Waals surface area contributed by atoms with Gasteiger partial charge in [-0.05, 0) is 25.7 Å². The van der Waals surface area contributed by atoms with Gasteiger partial charge in [-0.25, -0.2) is 4.98 Å². The molecule has 1 aliphatic carbocycles. The van der Waals surface area contributed by atoms with Crippen LogP contribution < -0.4 is 20.3 Å². The van der Waals surface area contributed by atoms with Crippen LogP contribution >= 0.6 is 0 Å². The van der Waals surface area contributed by atoms with Crippen LogP contribution in [0.1, 0.15) is 37.3 Å². The summed E-state index contributed by atoms with van der Waals surface area (Å²) in [6.45, 7) is 0.638.